The van der Waals surface area contributed by atoms with Gasteiger partial charge in [-0.1, -0.05) is 77.8 Å². The molecule has 2 aromatic carbocycles. The first-order chi connectivity index (χ1) is 11.4. The van der Waals surface area contributed by atoms with Crippen molar-refractivity contribution in [2.45, 2.75) is 23.8 Å². The first kappa shape index (κ1) is 17.0. The van der Waals surface area contributed by atoms with Gasteiger partial charge in [-0.05, 0) is 17.5 Å². The number of hydrogen-bond donors (Lipinski definition) is 0. The molecule has 0 saturated heterocycles. The van der Waals surface area contributed by atoms with Crippen LogP contribution in [0.5, 0.6) is 0 Å². The highest BCUT2D eigenvalue weighted by molar-refractivity contribution is 6.60. The predicted molar refractivity (Wildman–Crippen MR) is 93.4 cm³/mol. The normalized spacial score (nSPS) is 19.6. The van der Waals surface area contributed by atoms with Gasteiger partial charge < -0.3 is 4.74 Å². The van der Waals surface area contributed by atoms with E-state index >= 15 is 0 Å². The van der Waals surface area contributed by atoms with E-state index in [1.54, 1.807) is 24.3 Å². The average molecular weight is 363 g/mol. The Morgan fingerprint density at radius 2 is 1.67 bits per heavy atom. The van der Waals surface area contributed by atoms with Gasteiger partial charge in [0, 0.05) is 18.4 Å². The van der Waals surface area contributed by atoms with Crippen LogP contribution in [0.3, 0.4) is 0 Å². The molecule has 24 heavy (non-hydrogen) atoms. The Labute approximate surface area is 150 Å². The molecule has 3 rings (SSSR count). The summed E-state index contributed by atoms with van der Waals surface area (Å²) in [4.78, 5) is 24.4. The fraction of sp³-hybridized carbons (Fsp3) is 0.263. The molecule has 1 aliphatic carbocycles. The van der Waals surface area contributed by atoms with Gasteiger partial charge in [-0.3, -0.25) is 9.59 Å². The highest BCUT2D eigenvalue weighted by atomic mass is 35.5. The fourth-order valence-electron chi connectivity index (χ4n) is 3.15. The largest absolute Gasteiger partial charge is 0.457 e. The molecule has 0 saturated carbocycles. The SMILES string of the molecule is CC(=O)O[C@@H]1c2ccccc2C[C@H]1C(Cl)(Cl)C(=O)c1ccccc1. The number of hydrogen-bond acceptors (Lipinski definition) is 3. The Kier molecular flexibility index (Phi) is 4.66. The zero-order valence-corrected chi connectivity index (χ0v) is 14.6. The molecule has 0 amide bonds. The van der Waals surface area contributed by atoms with Crippen LogP contribution in [0.2, 0.25) is 0 Å². The summed E-state index contributed by atoms with van der Waals surface area (Å²) in [5, 5.41) is 0. The van der Waals surface area contributed by atoms with Crippen molar-refractivity contribution in [3.05, 3.63) is 71.3 Å². The second-order valence-corrected chi connectivity index (χ2v) is 7.24. The Hall–Kier alpha value is -1.84. The second-order valence-electron chi connectivity index (χ2n) is 5.86. The van der Waals surface area contributed by atoms with E-state index in [2.05, 4.69) is 0 Å². The van der Waals surface area contributed by atoms with E-state index in [4.69, 9.17) is 27.9 Å². The van der Waals surface area contributed by atoms with Gasteiger partial charge in [0.1, 0.15) is 6.10 Å². The molecule has 0 heterocycles. The molecule has 2 aromatic rings. The minimum absolute atomic E-state index is 0.388. The fourth-order valence-corrected chi connectivity index (χ4v) is 3.75. The third kappa shape index (κ3) is 3.06. The number of rotatable bonds is 4. The molecule has 5 heteroatoms. The molecule has 3 nitrogen and oxygen atoms in total. The summed E-state index contributed by atoms with van der Waals surface area (Å²) in [6.45, 7) is 1.33. The van der Waals surface area contributed by atoms with Gasteiger partial charge in [-0.25, -0.2) is 0 Å². The zero-order chi connectivity index (χ0) is 17.3. The summed E-state index contributed by atoms with van der Waals surface area (Å²) in [6, 6.07) is 16.2. The van der Waals surface area contributed by atoms with Crippen LogP contribution in [0.25, 0.3) is 0 Å². The summed E-state index contributed by atoms with van der Waals surface area (Å²) >= 11 is 13.0. The minimum atomic E-state index is -1.69. The van der Waals surface area contributed by atoms with Crippen LogP contribution in [0.4, 0.5) is 0 Å². The van der Waals surface area contributed by atoms with Crippen molar-refractivity contribution < 1.29 is 14.3 Å². The van der Waals surface area contributed by atoms with Gasteiger partial charge >= 0.3 is 5.97 Å². The predicted octanol–water partition coefficient (Wildman–Crippen LogP) is 4.52. The van der Waals surface area contributed by atoms with Gasteiger partial charge in [0.2, 0.25) is 0 Å². The number of ketones is 1. The maximum Gasteiger partial charge on any atom is 0.303 e. The highest BCUT2D eigenvalue weighted by Gasteiger charge is 2.51. The molecule has 0 aromatic heterocycles. The Balaban J connectivity index is 1.97. The van der Waals surface area contributed by atoms with Crippen molar-refractivity contribution in [2.24, 2.45) is 5.92 Å². The number of halogens is 2. The monoisotopic (exact) mass is 362 g/mol. The number of fused-ring (bicyclic) bond motifs is 1. The Morgan fingerprint density at radius 1 is 1.04 bits per heavy atom. The van der Waals surface area contributed by atoms with Gasteiger partial charge in [-0.15, -0.1) is 0 Å². The molecule has 0 bridgehead atoms. The van der Waals surface area contributed by atoms with Crippen LogP contribution in [-0.4, -0.2) is 16.1 Å². The summed E-state index contributed by atoms with van der Waals surface area (Å²) in [6.07, 6.45) is -0.166. The van der Waals surface area contributed by atoms with Crippen LogP contribution in [0.1, 0.15) is 34.5 Å². The molecule has 124 valence electrons. The van der Waals surface area contributed by atoms with Crippen LogP contribution in [0, 0.1) is 5.92 Å². The third-order valence-electron chi connectivity index (χ3n) is 4.26. The number of ether oxygens (including phenoxy) is 1. The Bertz CT molecular complexity index is 771. The van der Waals surface area contributed by atoms with Crippen molar-refractivity contribution in [3.63, 3.8) is 0 Å². The zero-order valence-electron chi connectivity index (χ0n) is 13.0. The van der Waals surface area contributed by atoms with Crippen molar-refractivity contribution in [3.8, 4) is 0 Å². The van der Waals surface area contributed by atoms with E-state index in [1.165, 1.54) is 6.92 Å². The van der Waals surface area contributed by atoms with E-state index in [0.29, 0.717) is 12.0 Å². The number of alkyl halides is 2. The lowest BCUT2D eigenvalue weighted by molar-refractivity contribution is -0.149. The van der Waals surface area contributed by atoms with Gasteiger partial charge in [0.15, 0.2) is 10.1 Å². The highest BCUT2D eigenvalue weighted by Crippen LogP contribution is 2.49. The molecular formula is C19H16Cl2O3. The van der Waals surface area contributed by atoms with E-state index in [1.807, 2.05) is 30.3 Å². The number of carbonyl (C=O) groups is 2. The molecule has 2 atom stereocenters. The molecule has 0 unspecified atom stereocenters. The van der Waals surface area contributed by atoms with Gasteiger partial charge in [0.05, 0.1) is 0 Å². The van der Waals surface area contributed by atoms with Crippen LogP contribution in [-0.2, 0) is 16.0 Å². The van der Waals surface area contributed by atoms with Crippen molar-refractivity contribution >= 4 is 35.0 Å². The lowest BCUT2D eigenvalue weighted by Gasteiger charge is -2.30. The van der Waals surface area contributed by atoms with Gasteiger partial charge in [0.25, 0.3) is 0 Å². The molecule has 0 aliphatic heterocycles. The summed E-state index contributed by atoms with van der Waals surface area (Å²) in [5.74, 6) is -1.37. The first-order valence-electron chi connectivity index (χ1n) is 7.64. The van der Waals surface area contributed by atoms with Crippen LogP contribution >= 0.6 is 23.2 Å². The lowest BCUT2D eigenvalue weighted by Crippen LogP contribution is -2.38. The summed E-state index contributed by atoms with van der Waals surface area (Å²) in [7, 11) is 0. The maximum absolute atomic E-state index is 12.8. The summed E-state index contributed by atoms with van der Waals surface area (Å²) in [5.41, 5.74) is 2.27. The third-order valence-corrected chi connectivity index (χ3v) is 5.17. The number of carbonyl (C=O) groups excluding carboxylic acids is 2. The number of benzene rings is 2. The Morgan fingerprint density at radius 3 is 2.33 bits per heavy atom. The smallest absolute Gasteiger partial charge is 0.303 e. The second kappa shape index (κ2) is 6.58. The topological polar surface area (TPSA) is 43.4 Å². The van der Waals surface area contributed by atoms with Crippen LogP contribution < -0.4 is 0 Å². The van der Waals surface area contributed by atoms with E-state index < -0.39 is 22.3 Å². The van der Waals surface area contributed by atoms with E-state index in [9.17, 15) is 9.59 Å². The van der Waals surface area contributed by atoms with E-state index in [-0.39, 0.29) is 5.78 Å². The summed E-state index contributed by atoms with van der Waals surface area (Å²) < 4.78 is 3.77. The number of Topliss-reactive ketones (excluding diaryl/α,β-unsaturated/α-hetero) is 1. The van der Waals surface area contributed by atoms with Crippen LogP contribution in [0.15, 0.2) is 54.6 Å². The molecule has 0 radical (unpaired) electrons. The molecule has 0 spiro atoms. The first-order valence-corrected chi connectivity index (χ1v) is 8.39. The standard InChI is InChI=1S/C19H16Cl2O3/c1-12(22)24-17-15-10-6-5-9-14(15)11-16(17)19(20,21)18(23)13-7-3-2-4-8-13/h2-10,16-17H,11H2,1H3/t16-,17-/m1/s1. The average Bonchev–Trinajstić information content (AvgIpc) is 2.94. The van der Waals surface area contributed by atoms with Crippen molar-refractivity contribution in [2.75, 3.05) is 0 Å². The maximum atomic E-state index is 12.8. The molecule has 0 fully saturated rings. The lowest BCUT2D eigenvalue weighted by atomic mass is 9.92. The van der Waals surface area contributed by atoms with E-state index in [0.717, 1.165) is 11.1 Å². The minimum Gasteiger partial charge on any atom is -0.457 e. The number of esters is 1. The van der Waals surface area contributed by atoms with Crippen molar-refractivity contribution in [1.82, 2.24) is 0 Å². The molecule has 1 aliphatic rings. The molecular weight excluding hydrogens is 347 g/mol. The van der Waals surface area contributed by atoms with Crippen molar-refractivity contribution in [1.29, 1.82) is 0 Å². The molecule has 0 N–H and O–H groups in total. The quantitative estimate of drug-likeness (QED) is 0.456. The van der Waals surface area contributed by atoms with Gasteiger partial charge in [-0.2, -0.15) is 0 Å².